The van der Waals surface area contributed by atoms with Crippen LogP contribution in [0.1, 0.15) is 31.7 Å². The molecule has 6 heteroatoms. The number of hydrogen-bond donors (Lipinski definition) is 1. The quantitative estimate of drug-likeness (QED) is 0.897. The second-order valence-electron chi connectivity index (χ2n) is 5.31. The third-order valence-corrected chi connectivity index (χ3v) is 5.62. The first kappa shape index (κ1) is 15.4. The zero-order valence-electron chi connectivity index (χ0n) is 12.2. The lowest BCUT2D eigenvalue weighted by Crippen LogP contribution is -2.40. The topological polar surface area (TPSA) is 62.3 Å². The molecule has 0 aromatic carbocycles. The molecule has 112 valence electrons. The molecule has 0 spiro atoms. The van der Waals surface area contributed by atoms with E-state index in [1.807, 2.05) is 13.1 Å². The molecule has 1 unspecified atom stereocenters. The van der Waals surface area contributed by atoms with Gasteiger partial charge in [-0.3, -0.25) is 0 Å². The van der Waals surface area contributed by atoms with Crippen molar-refractivity contribution in [2.75, 3.05) is 20.1 Å². The van der Waals surface area contributed by atoms with Gasteiger partial charge in [0, 0.05) is 25.8 Å². The Kier molecular flexibility index (Phi) is 5.12. The lowest BCUT2D eigenvalue weighted by molar-refractivity contribution is 0.261. The highest BCUT2D eigenvalue weighted by Gasteiger charge is 2.30. The standard InChI is InChI=1S/C14H23N3O2S/c1-3-12-5-4-8-17(11-12)20(18,19)14-7-6-13(9-15-2)10-16-14/h6-7,10,12,15H,3-5,8-9,11H2,1-2H3. The van der Waals surface area contributed by atoms with Crippen molar-refractivity contribution >= 4 is 10.0 Å². The van der Waals surface area contributed by atoms with Gasteiger partial charge in [-0.25, -0.2) is 13.4 Å². The van der Waals surface area contributed by atoms with Gasteiger partial charge in [0.2, 0.25) is 0 Å². The summed E-state index contributed by atoms with van der Waals surface area (Å²) in [5.74, 6) is 0.474. The largest absolute Gasteiger partial charge is 0.316 e. The van der Waals surface area contributed by atoms with Crippen molar-refractivity contribution < 1.29 is 8.42 Å². The fraction of sp³-hybridized carbons (Fsp3) is 0.643. The van der Waals surface area contributed by atoms with Crippen LogP contribution in [-0.4, -0.2) is 37.8 Å². The number of piperidine rings is 1. The minimum Gasteiger partial charge on any atom is -0.316 e. The molecule has 1 atom stereocenters. The van der Waals surface area contributed by atoms with Crippen LogP contribution >= 0.6 is 0 Å². The molecule has 20 heavy (non-hydrogen) atoms. The molecule has 2 rings (SSSR count). The molecular weight excluding hydrogens is 274 g/mol. The highest BCUT2D eigenvalue weighted by atomic mass is 32.2. The average molecular weight is 297 g/mol. The Labute approximate surface area is 121 Å². The maximum atomic E-state index is 12.6. The summed E-state index contributed by atoms with van der Waals surface area (Å²) in [4.78, 5) is 4.13. The van der Waals surface area contributed by atoms with Crippen molar-refractivity contribution in [1.82, 2.24) is 14.6 Å². The van der Waals surface area contributed by atoms with E-state index in [0.717, 1.165) is 24.8 Å². The van der Waals surface area contributed by atoms with E-state index in [9.17, 15) is 8.42 Å². The fourth-order valence-corrected chi connectivity index (χ4v) is 4.05. The number of rotatable bonds is 5. The van der Waals surface area contributed by atoms with Gasteiger partial charge in [0.05, 0.1) is 0 Å². The van der Waals surface area contributed by atoms with Crippen LogP contribution in [0.3, 0.4) is 0 Å². The molecule has 1 saturated heterocycles. The predicted octanol–water partition coefficient (Wildman–Crippen LogP) is 1.61. The van der Waals surface area contributed by atoms with Crippen LogP contribution in [0, 0.1) is 5.92 Å². The van der Waals surface area contributed by atoms with Crippen molar-refractivity contribution in [3.63, 3.8) is 0 Å². The smallest absolute Gasteiger partial charge is 0.260 e. The van der Waals surface area contributed by atoms with Crippen LogP contribution in [0.5, 0.6) is 0 Å². The van der Waals surface area contributed by atoms with Crippen LogP contribution in [-0.2, 0) is 16.6 Å². The van der Waals surface area contributed by atoms with Crippen molar-refractivity contribution in [2.45, 2.75) is 37.8 Å². The first-order valence-corrected chi connectivity index (χ1v) is 8.61. The molecule has 1 aliphatic rings. The Morgan fingerprint density at radius 1 is 1.45 bits per heavy atom. The van der Waals surface area contributed by atoms with E-state index in [2.05, 4.69) is 17.2 Å². The second kappa shape index (κ2) is 6.65. The van der Waals surface area contributed by atoms with E-state index in [1.54, 1.807) is 16.6 Å². The maximum absolute atomic E-state index is 12.6. The van der Waals surface area contributed by atoms with Crippen LogP contribution in [0.2, 0.25) is 0 Å². The number of hydrogen-bond acceptors (Lipinski definition) is 4. The van der Waals surface area contributed by atoms with E-state index >= 15 is 0 Å². The van der Waals surface area contributed by atoms with E-state index in [4.69, 9.17) is 0 Å². The monoisotopic (exact) mass is 297 g/mol. The third kappa shape index (κ3) is 3.37. The minimum atomic E-state index is -3.43. The average Bonchev–Trinajstić information content (AvgIpc) is 2.48. The summed E-state index contributed by atoms with van der Waals surface area (Å²) in [5.41, 5.74) is 0.983. The third-order valence-electron chi connectivity index (χ3n) is 3.84. The Morgan fingerprint density at radius 2 is 2.25 bits per heavy atom. The lowest BCUT2D eigenvalue weighted by atomic mass is 9.97. The number of pyridine rings is 1. The zero-order chi connectivity index (χ0) is 14.6. The van der Waals surface area contributed by atoms with E-state index in [0.29, 0.717) is 25.6 Å². The van der Waals surface area contributed by atoms with Crippen molar-refractivity contribution in [2.24, 2.45) is 5.92 Å². The molecule has 0 saturated carbocycles. The highest BCUT2D eigenvalue weighted by molar-refractivity contribution is 7.89. The maximum Gasteiger partial charge on any atom is 0.260 e. The van der Waals surface area contributed by atoms with Crippen LogP contribution in [0.4, 0.5) is 0 Å². The van der Waals surface area contributed by atoms with Crippen LogP contribution in [0.25, 0.3) is 0 Å². The van der Waals surface area contributed by atoms with Crippen molar-refractivity contribution in [1.29, 1.82) is 0 Å². The van der Waals surface area contributed by atoms with Gasteiger partial charge >= 0.3 is 0 Å². The van der Waals surface area contributed by atoms with E-state index in [1.165, 1.54) is 0 Å². The normalized spacial score (nSPS) is 21.0. The summed E-state index contributed by atoms with van der Waals surface area (Å²) in [6.45, 7) is 4.04. The van der Waals surface area contributed by atoms with Crippen molar-refractivity contribution in [3.05, 3.63) is 23.9 Å². The van der Waals surface area contributed by atoms with E-state index in [-0.39, 0.29) is 5.03 Å². The molecule has 1 aromatic heterocycles. The molecule has 1 aliphatic heterocycles. The Balaban J connectivity index is 2.16. The predicted molar refractivity (Wildman–Crippen MR) is 78.8 cm³/mol. The lowest BCUT2D eigenvalue weighted by Gasteiger charge is -2.31. The van der Waals surface area contributed by atoms with Gasteiger partial charge in [0.15, 0.2) is 5.03 Å². The molecule has 0 radical (unpaired) electrons. The van der Waals surface area contributed by atoms with Gasteiger partial charge < -0.3 is 5.32 Å². The summed E-state index contributed by atoms with van der Waals surface area (Å²) in [5, 5.41) is 3.18. The van der Waals surface area contributed by atoms with E-state index < -0.39 is 10.0 Å². The highest BCUT2D eigenvalue weighted by Crippen LogP contribution is 2.24. The number of nitrogens with zero attached hydrogens (tertiary/aromatic N) is 2. The summed E-state index contributed by atoms with van der Waals surface area (Å²) in [7, 11) is -1.58. The Morgan fingerprint density at radius 3 is 2.85 bits per heavy atom. The van der Waals surface area contributed by atoms with Gasteiger partial charge in [-0.15, -0.1) is 0 Å². The molecular formula is C14H23N3O2S. The van der Waals surface area contributed by atoms with Gasteiger partial charge in [-0.1, -0.05) is 19.4 Å². The fourth-order valence-electron chi connectivity index (χ4n) is 2.58. The number of aromatic nitrogens is 1. The summed E-state index contributed by atoms with van der Waals surface area (Å²) < 4.78 is 26.7. The number of sulfonamides is 1. The van der Waals surface area contributed by atoms with Gasteiger partial charge in [0.25, 0.3) is 10.0 Å². The Bertz CT molecular complexity index is 528. The van der Waals surface area contributed by atoms with Crippen LogP contribution < -0.4 is 5.32 Å². The Hall–Kier alpha value is -0.980. The second-order valence-corrected chi connectivity index (χ2v) is 7.20. The summed E-state index contributed by atoms with van der Waals surface area (Å²) in [6, 6.07) is 3.43. The van der Waals surface area contributed by atoms with Crippen LogP contribution in [0.15, 0.2) is 23.4 Å². The van der Waals surface area contributed by atoms with Gasteiger partial charge in [-0.05, 0) is 37.4 Å². The first-order valence-electron chi connectivity index (χ1n) is 7.17. The first-order chi connectivity index (χ1) is 9.57. The molecule has 0 amide bonds. The number of nitrogens with one attached hydrogen (secondary N) is 1. The molecule has 1 aromatic rings. The van der Waals surface area contributed by atoms with Crippen molar-refractivity contribution in [3.8, 4) is 0 Å². The molecule has 0 bridgehead atoms. The summed E-state index contributed by atoms with van der Waals surface area (Å²) >= 11 is 0. The minimum absolute atomic E-state index is 0.161. The van der Waals surface area contributed by atoms with Gasteiger partial charge in [0.1, 0.15) is 0 Å². The molecule has 1 N–H and O–H groups in total. The summed E-state index contributed by atoms with van der Waals surface area (Å²) in [6.07, 6.45) is 4.72. The SMILES string of the molecule is CCC1CCCN(S(=O)(=O)c2ccc(CNC)cn2)C1. The molecule has 5 nitrogen and oxygen atoms in total. The molecule has 0 aliphatic carbocycles. The molecule has 1 fully saturated rings. The molecule has 2 heterocycles. The zero-order valence-corrected chi connectivity index (χ0v) is 13.0. The van der Waals surface area contributed by atoms with Gasteiger partial charge in [-0.2, -0.15) is 4.31 Å².